The van der Waals surface area contributed by atoms with Gasteiger partial charge >= 0.3 is 16.3 Å². The van der Waals surface area contributed by atoms with Crippen LogP contribution < -0.4 is 9.44 Å². The first-order valence-corrected chi connectivity index (χ1v) is 8.82. The summed E-state index contributed by atoms with van der Waals surface area (Å²) in [4.78, 5) is 11.5. The zero-order chi connectivity index (χ0) is 14.5. The highest BCUT2D eigenvalue weighted by molar-refractivity contribution is 9.09. The molecular formula is C11H21BrN2O4S. The van der Waals surface area contributed by atoms with E-state index in [9.17, 15) is 13.2 Å². The fourth-order valence-electron chi connectivity index (χ4n) is 1.99. The van der Waals surface area contributed by atoms with E-state index in [2.05, 4.69) is 20.7 Å². The summed E-state index contributed by atoms with van der Waals surface area (Å²) in [6, 6.07) is 0. The summed E-state index contributed by atoms with van der Waals surface area (Å²) in [5, 5.41) is 0. The summed E-state index contributed by atoms with van der Waals surface area (Å²) in [5.41, 5.74) is 0. The van der Waals surface area contributed by atoms with E-state index in [1.165, 1.54) is 0 Å². The lowest BCUT2D eigenvalue weighted by atomic mass is 9.89. The van der Waals surface area contributed by atoms with E-state index in [0.717, 1.165) is 25.7 Å². The Morgan fingerprint density at radius 1 is 1.37 bits per heavy atom. The molecular weight excluding hydrogens is 336 g/mol. The van der Waals surface area contributed by atoms with E-state index in [1.807, 2.05) is 4.72 Å². The summed E-state index contributed by atoms with van der Waals surface area (Å²) in [6.45, 7) is 3.62. The predicted octanol–water partition coefficient (Wildman–Crippen LogP) is 1.91. The molecule has 1 rings (SSSR count). The van der Waals surface area contributed by atoms with Crippen molar-refractivity contribution in [2.24, 2.45) is 5.92 Å². The van der Waals surface area contributed by atoms with Gasteiger partial charge in [0.1, 0.15) is 0 Å². The van der Waals surface area contributed by atoms with Crippen LogP contribution in [0, 0.1) is 5.92 Å². The zero-order valence-corrected chi connectivity index (χ0v) is 13.6. The van der Waals surface area contributed by atoms with Crippen molar-refractivity contribution in [2.45, 2.75) is 50.5 Å². The zero-order valence-electron chi connectivity index (χ0n) is 11.2. The van der Waals surface area contributed by atoms with E-state index in [0.29, 0.717) is 11.4 Å². The molecule has 0 saturated heterocycles. The van der Waals surface area contributed by atoms with Gasteiger partial charge in [-0.05, 0) is 32.6 Å². The molecule has 0 bridgehead atoms. The average Bonchev–Trinajstić information content (AvgIpc) is 2.26. The third-order valence-corrected chi connectivity index (χ3v) is 5.10. The van der Waals surface area contributed by atoms with Gasteiger partial charge in [-0.2, -0.15) is 13.1 Å². The highest BCUT2D eigenvalue weighted by atomic mass is 79.9. The van der Waals surface area contributed by atoms with Gasteiger partial charge in [0.25, 0.3) is 0 Å². The first kappa shape index (κ1) is 16.7. The van der Waals surface area contributed by atoms with Crippen LogP contribution in [0.3, 0.4) is 0 Å². The van der Waals surface area contributed by atoms with E-state index in [1.54, 1.807) is 13.8 Å². The van der Waals surface area contributed by atoms with Crippen LogP contribution in [0.4, 0.5) is 4.79 Å². The van der Waals surface area contributed by atoms with Crippen molar-refractivity contribution in [1.82, 2.24) is 9.44 Å². The number of nitrogens with one attached hydrogen (secondary N) is 2. The molecule has 0 aliphatic heterocycles. The third-order valence-electron chi connectivity index (χ3n) is 2.91. The number of carbonyl (C=O) groups excluding carboxylic acids is 1. The normalized spacial score (nSPS) is 24.2. The lowest BCUT2D eigenvalue weighted by Crippen LogP contribution is -2.44. The molecule has 1 aliphatic carbocycles. The summed E-state index contributed by atoms with van der Waals surface area (Å²) < 4.78 is 32.2. The molecule has 2 atom stereocenters. The molecule has 8 heteroatoms. The van der Waals surface area contributed by atoms with Gasteiger partial charge in [-0.15, -0.1) is 0 Å². The molecule has 0 aromatic heterocycles. The molecule has 0 radical (unpaired) electrons. The summed E-state index contributed by atoms with van der Waals surface area (Å²) >= 11 is 3.56. The van der Waals surface area contributed by atoms with Crippen LogP contribution in [0.2, 0.25) is 0 Å². The number of carbonyl (C=O) groups is 1. The van der Waals surface area contributed by atoms with Gasteiger partial charge in [0, 0.05) is 11.4 Å². The molecule has 1 fully saturated rings. The number of hydrogen-bond acceptors (Lipinski definition) is 4. The van der Waals surface area contributed by atoms with Crippen molar-refractivity contribution < 1.29 is 17.9 Å². The number of alkyl halides is 1. The Balaban J connectivity index is 2.39. The molecule has 0 aromatic rings. The van der Waals surface area contributed by atoms with E-state index < -0.39 is 16.3 Å². The lowest BCUT2D eigenvalue weighted by Gasteiger charge is -2.27. The lowest BCUT2D eigenvalue weighted by molar-refractivity contribution is 0.121. The minimum atomic E-state index is -3.84. The van der Waals surface area contributed by atoms with Crippen molar-refractivity contribution in [1.29, 1.82) is 0 Å². The van der Waals surface area contributed by atoms with Crippen LogP contribution in [0.1, 0.15) is 39.5 Å². The molecule has 6 nitrogen and oxygen atoms in total. The molecule has 1 amide bonds. The van der Waals surface area contributed by atoms with Crippen molar-refractivity contribution in [3.63, 3.8) is 0 Å². The van der Waals surface area contributed by atoms with Gasteiger partial charge in [0.2, 0.25) is 0 Å². The fourth-order valence-corrected chi connectivity index (χ4v) is 3.54. The van der Waals surface area contributed by atoms with Crippen molar-refractivity contribution >= 4 is 32.2 Å². The van der Waals surface area contributed by atoms with Gasteiger partial charge in [-0.3, -0.25) is 0 Å². The van der Waals surface area contributed by atoms with Crippen LogP contribution in [-0.2, 0) is 14.9 Å². The third kappa shape index (κ3) is 6.58. The maximum absolute atomic E-state index is 11.6. The number of ether oxygens (including phenoxy) is 1. The Morgan fingerprint density at radius 2 is 2.00 bits per heavy atom. The predicted molar refractivity (Wildman–Crippen MR) is 76.3 cm³/mol. The van der Waals surface area contributed by atoms with Crippen LogP contribution in [0.15, 0.2) is 0 Å². The summed E-state index contributed by atoms with van der Waals surface area (Å²) in [5.74, 6) is 0.256. The Labute approximate surface area is 123 Å². The first-order chi connectivity index (χ1) is 8.80. The molecule has 0 spiro atoms. The smallest absolute Gasteiger partial charge is 0.422 e. The van der Waals surface area contributed by atoms with E-state index in [4.69, 9.17) is 4.74 Å². The van der Waals surface area contributed by atoms with Gasteiger partial charge in [0.05, 0.1) is 6.10 Å². The molecule has 19 heavy (non-hydrogen) atoms. The topological polar surface area (TPSA) is 84.5 Å². The second-order valence-corrected chi connectivity index (χ2v) is 7.64. The van der Waals surface area contributed by atoms with Gasteiger partial charge in [-0.25, -0.2) is 9.52 Å². The number of halogens is 1. The SMILES string of the molecule is CC(C)OC(=O)NS(=O)(=O)NCC1CCCCC1Br. The molecule has 1 aliphatic rings. The molecule has 0 heterocycles. The van der Waals surface area contributed by atoms with E-state index in [-0.39, 0.29) is 12.0 Å². The molecule has 0 aromatic carbocycles. The summed E-state index contributed by atoms with van der Waals surface area (Å²) in [6.07, 6.45) is 2.99. The minimum Gasteiger partial charge on any atom is -0.446 e. The Kier molecular flexibility index (Phi) is 6.55. The maximum Gasteiger partial charge on any atom is 0.422 e. The van der Waals surface area contributed by atoms with Crippen LogP contribution >= 0.6 is 15.9 Å². The largest absolute Gasteiger partial charge is 0.446 e. The Bertz CT molecular complexity index is 399. The Morgan fingerprint density at radius 3 is 2.58 bits per heavy atom. The van der Waals surface area contributed by atoms with Crippen molar-refractivity contribution in [3.05, 3.63) is 0 Å². The first-order valence-electron chi connectivity index (χ1n) is 6.42. The molecule has 2 unspecified atom stereocenters. The van der Waals surface area contributed by atoms with Crippen LogP contribution in [0.25, 0.3) is 0 Å². The van der Waals surface area contributed by atoms with Gasteiger partial charge in [-0.1, -0.05) is 28.8 Å². The molecule has 2 N–H and O–H groups in total. The maximum atomic E-state index is 11.6. The highest BCUT2D eigenvalue weighted by Gasteiger charge is 2.25. The fraction of sp³-hybridized carbons (Fsp3) is 0.909. The van der Waals surface area contributed by atoms with Gasteiger partial charge in [0.15, 0.2) is 0 Å². The quantitative estimate of drug-likeness (QED) is 0.736. The number of amides is 1. The highest BCUT2D eigenvalue weighted by Crippen LogP contribution is 2.29. The molecule has 112 valence electrons. The average molecular weight is 357 g/mol. The molecule has 1 saturated carbocycles. The Hall–Kier alpha value is -0.340. The van der Waals surface area contributed by atoms with Crippen molar-refractivity contribution in [2.75, 3.05) is 6.54 Å². The second kappa shape index (κ2) is 7.44. The summed E-state index contributed by atoms with van der Waals surface area (Å²) in [7, 11) is -3.84. The second-order valence-electron chi connectivity index (χ2n) is 4.97. The monoisotopic (exact) mass is 356 g/mol. The van der Waals surface area contributed by atoms with Gasteiger partial charge < -0.3 is 4.74 Å². The number of hydrogen-bond donors (Lipinski definition) is 2. The van der Waals surface area contributed by atoms with Crippen LogP contribution in [-0.4, -0.2) is 32.0 Å². The van der Waals surface area contributed by atoms with Crippen molar-refractivity contribution in [3.8, 4) is 0 Å². The standard InChI is InChI=1S/C11H21BrN2O4S/c1-8(2)18-11(15)14-19(16,17)13-7-9-5-3-4-6-10(9)12/h8-10,13H,3-7H2,1-2H3,(H,14,15). The minimum absolute atomic E-state index is 0.256. The van der Waals surface area contributed by atoms with Crippen LogP contribution in [0.5, 0.6) is 0 Å². The number of rotatable bonds is 5. The van der Waals surface area contributed by atoms with E-state index >= 15 is 0 Å².